The van der Waals surface area contributed by atoms with E-state index in [9.17, 15) is 4.79 Å². The van der Waals surface area contributed by atoms with Gasteiger partial charge in [-0.2, -0.15) is 0 Å². The molecule has 152 valence electrons. The number of carbonyl (C=O) groups excluding carboxylic acids is 1. The van der Waals surface area contributed by atoms with Crippen molar-refractivity contribution in [2.24, 2.45) is 0 Å². The minimum Gasteiger partial charge on any atom is -0.495 e. The number of hydrogen-bond donors (Lipinski definition) is 0. The largest absolute Gasteiger partial charge is 0.495 e. The number of nitrogens with zero attached hydrogens (tertiary/aromatic N) is 3. The Morgan fingerprint density at radius 3 is 2.66 bits per heavy atom. The van der Waals surface area contributed by atoms with E-state index in [-0.39, 0.29) is 5.91 Å². The number of carbonyl (C=O) groups is 1. The molecular formula is C22H25N3O2S2. The van der Waals surface area contributed by atoms with Gasteiger partial charge in [-0.1, -0.05) is 18.2 Å². The van der Waals surface area contributed by atoms with E-state index in [4.69, 9.17) is 4.74 Å². The molecule has 7 heteroatoms. The third kappa shape index (κ3) is 4.46. The fraction of sp³-hybridized carbons (Fsp3) is 0.364. The number of methoxy groups -OCH3 is 1. The molecule has 1 aliphatic rings. The monoisotopic (exact) mass is 427 g/mol. The predicted octanol–water partition coefficient (Wildman–Crippen LogP) is 4.47. The molecule has 3 heterocycles. The smallest absolute Gasteiger partial charge is 0.223 e. The van der Waals surface area contributed by atoms with E-state index in [1.807, 2.05) is 36.1 Å². The highest BCUT2D eigenvalue weighted by Gasteiger charge is 2.23. The molecule has 1 amide bonds. The van der Waals surface area contributed by atoms with Crippen LogP contribution in [0.1, 0.15) is 16.3 Å². The van der Waals surface area contributed by atoms with Crippen LogP contribution in [0.4, 0.5) is 5.69 Å². The zero-order valence-electron chi connectivity index (χ0n) is 16.8. The number of rotatable bonds is 6. The van der Waals surface area contributed by atoms with Gasteiger partial charge >= 0.3 is 0 Å². The maximum absolute atomic E-state index is 12.8. The number of aryl methyl sites for hydroxylation is 2. The summed E-state index contributed by atoms with van der Waals surface area (Å²) in [5.41, 5.74) is 2.15. The number of thiophene rings is 1. The van der Waals surface area contributed by atoms with Crippen molar-refractivity contribution in [1.29, 1.82) is 0 Å². The number of para-hydroxylation sites is 2. The van der Waals surface area contributed by atoms with Crippen molar-refractivity contribution in [2.45, 2.75) is 19.8 Å². The Morgan fingerprint density at radius 1 is 1.14 bits per heavy atom. The summed E-state index contributed by atoms with van der Waals surface area (Å²) in [6, 6.07) is 12.2. The molecule has 1 aliphatic heterocycles. The molecule has 3 aromatic rings. The van der Waals surface area contributed by atoms with E-state index in [0.717, 1.165) is 54.7 Å². The second-order valence-electron chi connectivity index (χ2n) is 7.02. The average Bonchev–Trinajstić information content (AvgIpc) is 3.41. The number of aromatic nitrogens is 1. The maximum Gasteiger partial charge on any atom is 0.223 e. The number of ether oxygens (including phenoxy) is 1. The molecule has 0 aliphatic carbocycles. The highest BCUT2D eigenvalue weighted by molar-refractivity contribution is 7.15. The summed E-state index contributed by atoms with van der Waals surface area (Å²) in [5.74, 6) is 1.11. The maximum atomic E-state index is 12.8. The van der Waals surface area contributed by atoms with Gasteiger partial charge in [-0.3, -0.25) is 4.79 Å². The van der Waals surface area contributed by atoms with Crippen LogP contribution >= 0.6 is 22.7 Å². The van der Waals surface area contributed by atoms with Crippen LogP contribution in [-0.2, 0) is 11.2 Å². The number of thiazole rings is 1. The van der Waals surface area contributed by atoms with E-state index in [1.54, 1.807) is 29.8 Å². The number of anilines is 1. The van der Waals surface area contributed by atoms with E-state index < -0.39 is 0 Å². The van der Waals surface area contributed by atoms with Crippen LogP contribution in [0.5, 0.6) is 5.75 Å². The van der Waals surface area contributed by atoms with E-state index >= 15 is 0 Å². The van der Waals surface area contributed by atoms with Crippen LogP contribution in [0, 0.1) is 6.92 Å². The summed E-state index contributed by atoms with van der Waals surface area (Å²) in [6.07, 6.45) is 1.29. The highest BCUT2D eigenvalue weighted by Crippen LogP contribution is 2.32. The SMILES string of the molecule is COc1ccccc1N1CCN(C(=O)CCc2sc(C)nc2-c2cccs2)CC1. The summed E-state index contributed by atoms with van der Waals surface area (Å²) < 4.78 is 5.48. The molecule has 1 saturated heterocycles. The molecule has 0 saturated carbocycles. The van der Waals surface area contributed by atoms with E-state index in [0.29, 0.717) is 6.42 Å². The highest BCUT2D eigenvalue weighted by atomic mass is 32.1. The molecule has 0 spiro atoms. The van der Waals surface area contributed by atoms with Crippen LogP contribution in [-0.4, -0.2) is 49.1 Å². The normalized spacial score (nSPS) is 14.3. The van der Waals surface area contributed by atoms with Gasteiger partial charge in [0.25, 0.3) is 0 Å². The number of hydrogen-bond acceptors (Lipinski definition) is 6. The minimum absolute atomic E-state index is 0.229. The lowest BCUT2D eigenvalue weighted by Gasteiger charge is -2.36. The molecule has 0 bridgehead atoms. The predicted molar refractivity (Wildman–Crippen MR) is 120 cm³/mol. The first-order valence-corrected chi connectivity index (χ1v) is 11.5. The van der Waals surface area contributed by atoms with Crippen molar-refractivity contribution in [3.05, 3.63) is 51.7 Å². The van der Waals surface area contributed by atoms with Gasteiger partial charge in [0.15, 0.2) is 0 Å². The molecule has 4 rings (SSSR count). The number of amides is 1. The zero-order chi connectivity index (χ0) is 20.2. The Hall–Kier alpha value is -2.38. The van der Waals surface area contributed by atoms with Crippen LogP contribution in [0.25, 0.3) is 10.6 Å². The van der Waals surface area contributed by atoms with Crippen molar-refractivity contribution in [2.75, 3.05) is 38.2 Å². The zero-order valence-corrected chi connectivity index (χ0v) is 18.4. The number of piperazine rings is 1. The van der Waals surface area contributed by atoms with Gasteiger partial charge in [-0.05, 0) is 36.9 Å². The molecule has 5 nitrogen and oxygen atoms in total. The molecule has 0 radical (unpaired) electrons. The van der Waals surface area contributed by atoms with Gasteiger partial charge in [0.1, 0.15) is 5.75 Å². The summed E-state index contributed by atoms with van der Waals surface area (Å²) in [4.78, 5) is 24.2. The van der Waals surface area contributed by atoms with Crippen LogP contribution in [0.3, 0.4) is 0 Å². The van der Waals surface area contributed by atoms with Crippen LogP contribution < -0.4 is 9.64 Å². The molecule has 2 aromatic heterocycles. The first kappa shape index (κ1) is 19.9. The topological polar surface area (TPSA) is 45.7 Å². The van der Waals surface area contributed by atoms with Gasteiger partial charge in [0.05, 0.1) is 28.4 Å². The summed E-state index contributed by atoms with van der Waals surface area (Å²) in [6.45, 7) is 5.18. The second-order valence-corrected chi connectivity index (χ2v) is 9.26. The summed E-state index contributed by atoms with van der Waals surface area (Å²) in [7, 11) is 1.70. The lowest BCUT2D eigenvalue weighted by molar-refractivity contribution is -0.131. The molecule has 0 atom stereocenters. The Labute approximate surface area is 179 Å². The van der Waals surface area contributed by atoms with E-state index in [1.165, 1.54) is 9.75 Å². The van der Waals surface area contributed by atoms with Crippen LogP contribution in [0.15, 0.2) is 41.8 Å². The fourth-order valence-electron chi connectivity index (χ4n) is 3.71. The Kier molecular flexibility index (Phi) is 6.16. The molecule has 29 heavy (non-hydrogen) atoms. The first-order valence-electron chi connectivity index (χ1n) is 9.81. The quantitative estimate of drug-likeness (QED) is 0.582. The lowest BCUT2D eigenvalue weighted by atomic mass is 10.1. The Bertz CT molecular complexity index is 960. The van der Waals surface area contributed by atoms with Gasteiger partial charge in [-0.15, -0.1) is 22.7 Å². The van der Waals surface area contributed by atoms with Crippen molar-refractivity contribution in [1.82, 2.24) is 9.88 Å². The average molecular weight is 428 g/mol. The number of benzene rings is 1. The van der Waals surface area contributed by atoms with Crippen molar-refractivity contribution in [3.8, 4) is 16.3 Å². The molecule has 0 unspecified atom stereocenters. The summed E-state index contributed by atoms with van der Waals surface area (Å²) >= 11 is 3.41. The molecular weight excluding hydrogens is 402 g/mol. The van der Waals surface area contributed by atoms with E-state index in [2.05, 4.69) is 27.4 Å². The lowest BCUT2D eigenvalue weighted by Crippen LogP contribution is -2.48. The van der Waals surface area contributed by atoms with Crippen LogP contribution in [0.2, 0.25) is 0 Å². The minimum atomic E-state index is 0.229. The van der Waals surface area contributed by atoms with Gasteiger partial charge in [-0.25, -0.2) is 4.98 Å². The molecule has 1 aromatic carbocycles. The van der Waals surface area contributed by atoms with Gasteiger partial charge in [0.2, 0.25) is 5.91 Å². The third-order valence-electron chi connectivity index (χ3n) is 5.18. The Morgan fingerprint density at radius 2 is 1.93 bits per heavy atom. The van der Waals surface area contributed by atoms with Crippen molar-refractivity contribution < 1.29 is 9.53 Å². The van der Waals surface area contributed by atoms with Gasteiger partial charge < -0.3 is 14.5 Å². The molecule has 0 N–H and O–H groups in total. The fourth-order valence-corrected chi connectivity index (χ4v) is 5.47. The van der Waals surface area contributed by atoms with Gasteiger partial charge in [0, 0.05) is 37.5 Å². The van der Waals surface area contributed by atoms with Crippen molar-refractivity contribution >= 4 is 34.3 Å². The summed E-state index contributed by atoms with van der Waals surface area (Å²) in [5, 5.41) is 3.13. The van der Waals surface area contributed by atoms with Crippen molar-refractivity contribution in [3.63, 3.8) is 0 Å². The Balaban J connectivity index is 1.34. The second kappa shape index (κ2) is 8.97. The first-order chi connectivity index (χ1) is 14.2. The molecule has 1 fully saturated rings. The standard InChI is InChI=1S/C22H25N3O2S2/c1-16-23-22(19-8-5-15-28-19)20(29-16)9-10-21(26)25-13-11-24(12-14-25)17-6-3-4-7-18(17)27-2/h3-8,15H,9-14H2,1-2H3. The third-order valence-corrected chi connectivity index (χ3v) is 7.09.